The van der Waals surface area contributed by atoms with Crippen LogP contribution in [-0.2, 0) is 4.74 Å². The van der Waals surface area contributed by atoms with Gasteiger partial charge in [0, 0.05) is 11.8 Å². The summed E-state index contributed by atoms with van der Waals surface area (Å²) >= 11 is 5.86. The average Bonchev–Trinajstić information content (AvgIpc) is 2.21. The van der Waals surface area contributed by atoms with Gasteiger partial charge in [-0.15, -0.1) is 0 Å². The van der Waals surface area contributed by atoms with E-state index in [1.54, 1.807) is 6.92 Å². The smallest absolute Gasteiger partial charge is 0.340 e. The van der Waals surface area contributed by atoms with Crippen LogP contribution < -0.4 is 10.5 Å². The second-order valence-electron chi connectivity index (χ2n) is 2.79. The van der Waals surface area contributed by atoms with Crippen LogP contribution in [0.25, 0.3) is 0 Å². The van der Waals surface area contributed by atoms with Crippen molar-refractivity contribution in [1.29, 1.82) is 0 Å². The number of ether oxygens (including phenoxy) is 2. The number of rotatable bonds is 3. The predicted molar refractivity (Wildman–Crippen MR) is 58.4 cm³/mol. The molecule has 1 aromatic carbocycles. The highest BCUT2D eigenvalue weighted by atomic mass is 35.5. The Morgan fingerprint density at radius 1 is 1.53 bits per heavy atom. The summed E-state index contributed by atoms with van der Waals surface area (Å²) in [5.74, 6) is -0.0539. The molecule has 1 aromatic rings. The number of esters is 1. The zero-order chi connectivity index (χ0) is 11.4. The minimum absolute atomic E-state index is 0.252. The standard InChI is InChI=1S/C10H12ClNO3/c1-3-15-10(13)6-4-7(11)9(14-2)5-8(6)12/h4-5H,3,12H2,1-2H3. The van der Waals surface area contributed by atoms with E-state index in [0.717, 1.165) is 0 Å². The molecule has 0 aliphatic heterocycles. The summed E-state index contributed by atoms with van der Waals surface area (Å²) in [5.41, 5.74) is 6.20. The third-order valence-electron chi connectivity index (χ3n) is 1.82. The lowest BCUT2D eigenvalue weighted by atomic mass is 10.1. The fraction of sp³-hybridized carbons (Fsp3) is 0.300. The van der Waals surface area contributed by atoms with E-state index in [-0.39, 0.29) is 11.3 Å². The van der Waals surface area contributed by atoms with Crippen molar-refractivity contribution in [3.05, 3.63) is 22.7 Å². The van der Waals surface area contributed by atoms with Crippen molar-refractivity contribution in [1.82, 2.24) is 0 Å². The molecule has 0 spiro atoms. The van der Waals surface area contributed by atoms with Gasteiger partial charge in [-0.3, -0.25) is 0 Å². The fourth-order valence-corrected chi connectivity index (χ4v) is 1.35. The molecule has 0 aliphatic rings. The maximum Gasteiger partial charge on any atom is 0.340 e. The van der Waals surface area contributed by atoms with Crippen molar-refractivity contribution in [2.75, 3.05) is 19.5 Å². The molecule has 0 bridgehead atoms. The van der Waals surface area contributed by atoms with Crippen LogP contribution in [-0.4, -0.2) is 19.7 Å². The van der Waals surface area contributed by atoms with Gasteiger partial charge in [-0.2, -0.15) is 0 Å². The normalized spacial score (nSPS) is 9.80. The molecule has 82 valence electrons. The topological polar surface area (TPSA) is 61.5 Å². The quantitative estimate of drug-likeness (QED) is 0.637. The van der Waals surface area contributed by atoms with Crippen LogP contribution in [0.15, 0.2) is 12.1 Å². The summed E-state index contributed by atoms with van der Waals surface area (Å²) in [6.45, 7) is 2.02. The van der Waals surface area contributed by atoms with E-state index < -0.39 is 5.97 Å². The average molecular weight is 230 g/mol. The van der Waals surface area contributed by atoms with Crippen LogP contribution >= 0.6 is 11.6 Å². The third kappa shape index (κ3) is 2.53. The Morgan fingerprint density at radius 3 is 2.73 bits per heavy atom. The molecule has 0 saturated heterocycles. The fourth-order valence-electron chi connectivity index (χ4n) is 1.11. The van der Waals surface area contributed by atoms with E-state index in [9.17, 15) is 4.79 Å². The SMILES string of the molecule is CCOC(=O)c1cc(Cl)c(OC)cc1N. The molecule has 0 heterocycles. The molecule has 0 radical (unpaired) electrons. The summed E-state index contributed by atoms with van der Waals surface area (Å²) in [4.78, 5) is 11.4. The Hall–Kier alpha value is -1.42. The van der Waals surface area contributed by atoms with Crippen molar-refractivity contribution >= 4 is 23.3 Å². The lowest BCUT2D eigenvalue weighted by Crippen LogP contribution is -2.08. The van der Waals surface area contributed by atoms with Gasteiger partial charge in [-0.05, 0) is 13.0 Å². The number of carbonyl (C=O) groups excluding carboxylic acids is 1. The van der Waals surface area contributed by atoms with Crippen molar-refractivity contribution in [3.8, 4) is 5.75 Å². The van der Waals surface area contributed by atoms with E-state index in [1.807, 2.05) is 0 Å². The molecule has 1 rings (SSSR count). The number of hydrogen-bond acceptors (Lipinski definition) is 4. The van der Waals surface area contributed by atoms with Gasteiger partial charge in [0.1, 0.15) is 5.75 Å². The van der Waals surface area contributed by atoms with E-state index in [4.69, 9.17) is 26.8 Å². The van der Waals surface area contributed by atoms with Gasteiger partial charge in [-0.25, -0.2) is 4.79 Å². The van der Waals surface area contributed by atoms with Crippen molar-refractivity contribution < 1.29 is 14.3 Å². The monoisotopic (exact) mass is 229 g/mol. The van der Waals surface area contributed by atoms with Gasteiger partial charge in [-0.1, -0.05) is 11.6 Å². The number of nitrogen functional groups attached to an aromatic ring is 1. The first kappa shape index (κ1) is 11.7. The molecular weight excluding hydrogens is 218 g/mol. The number of carbonyl (C=O) groups is 1. The van der Waals surface area contributed by atoms with Crippen LogP contribution in [0.1, 0.15) is 17.3 Å². The van der Waals surface area contributed by atoms with Gasteiger partial charge in [0.15, 0.2) is 0 Å². The molecule has 0 aromatic heterocycles. The van der Waals surface area contributed by atoms with Crippen molar-refractivity contribution in [2.45, 2.75) is 6.92 Å². The largest absolute Gasteiger partial charge is 0.495 e. The molecule has 0 atom stereocenters. The Bertz CT molecular complexity index is 379. The Kier molecular flexibility index (Phi) is 3.80. The molecule has 0 fully saturated rings. The first-order valence-electron chi connectivity index (χ1n) is 4.40. The van der Waals surface area contributed by atoms with E-state index in [1.165, 1.54) is 19.2 Å². The maximum atomic E-state index is 11.4. The summed E-state index contributed by atoms with van der Waals surface area (Å²) in [5, 5.41) is 0.328. The van der Waals surface area contributed by atoms with E-state index >= 15 is 0 Å². The van der Waals surface area contributed by atoms with Gasteiger partial charge < -0.3 is 15.2 Å². The Balaban J connectivity index is 3.10. The van der Waals surface area contributed by atoms with E-state index in [0.29, 0.717) is 17.4 Å². The first-order valence-corrected chi connectivity index (χ1v) is 4.78. The molecule has 5 heteroatoms. The Morgan fingerprint density at radius 2 is 2.20 bits per heavy atom. The summed E-state index contributed by atoms with van der Waals surface area (Å²) in [6.07, 6.45) is 0. The molecule has 4 nitrogen and oxygen atoms in total. The van der Waals surface area contributed by atoms with Crippen LogP contribution in [0.2, 0.25) is 5.02 Å². The first-order chi connectivity index (χ1) is 7.10. The lowest BCUT2D eigenvalue weighted by Gasteiger charge is -2.08. The van der Waals surface area contributed by atoms with Crippen molar-refractivity contribution in [2.24, 2.45) is 0 Å². The maximum absolute atomic E-state index is 11.4. The van der Waals surface area contributed by atoms with E-state index in [2.05, 4.69) is 0 Å². The second kappa shape index (κ2) is 4.89. The van der Waals surface area contributed by atoms with Gasteiger partial charge in [0.2, 0.25) is 0 Å². The molecular formula is C10H12ClNO3. The minimum Gasteiger partial charge on any atom is -0.495 e. The number of halogens is 1. The van der Waals surface area contributed by atoms with Crippen LogP contribution in [0, 0.1) is 0 Å². The number of hydrogen-bond donors (Lipinski definition) is 1. The highest BCUT2D eigenvalue weighted by molar-refractivity contribution is 6.32. The summed E-state index contributed by atoms with van der Waals surface area (Å²) in [6, 6.07) is 2.93. The van der Waals surface area contributed by atoms with Gasteiger partial charge >= 0.3 is 5.97 Å². The number of nitrogens with two attached hydrogens (primary N) is 1. The molecule has 0 aliphatic carbocycles. The van der Waals surface area contributed by atoms with Crippen LogP contribution in [0.5, 0.6) is 5.75 Å². The Labute approximate surface area is 92.9 Å². The minimum atomic E-state index is -0.487. The molecule has 0 saturated carbocycles. The molecule has 0 amide bonds. The number of benzene rings is 1. The molecule has 0 unspecified atom stereocenters. The molecule has 15 heavy (non-hydrogen) atoms. The summed E-state index contributed by atoms with van der Waals surface area (Å²) < 4.78 is 9.78. The highest BCUT2D eigenvalue weighted by Gasteiger charge is 2.14. The van der Waals surface area contributed by atoms with Gasteiger partial charge in [0.05, 0.1) is 24.3 Å². The summed E-state index contributed by atoms with van der Waals surface area (Å²) in [7, 11) is 1.48. The molecule has 2 N–H and O–H groups in total. The lowest BCUT2D eigenvalue weighted by molar-refractivity contribution is 0.0527. The van der Waals surface area contributed by atoms with Crippen LogP contribution in [0.3, 0.4) is 0 Å². The predicted octanol–water partition coefficient (Wildman–Crippen LogP) is 2.11. The van der Waals surface area contributed by atoms with Crippen LogP contribution in [0.4, 0.5) is 5.69 Å². The highest BCUT2D eigenvalue weighted by Crippen LogP contribution is 2.29. The second-order valence-corrected chi connectivity index (χ2v) is 3.20. The third-order valence-corrected chi connectivity index (χ3v) is 2.11. The zero-order valence-corrected chi connectivity index (χ0v) is 9.30. The van der Waals surface area contributed by atoms with Gasteiger partial charge in [0.25, 0.3) is 0 Å². The zero-order valence-electron chi connectivity index (χ0n) is 8.54. The number of anilines is 1. The van der Waals surface area contributed by atoms with Crippen molar-refractivity contribution in [3.63, 3.8) is 0 Å². The number of methoxy groups -OCH3 is 1.